The normalized spacial score (nSPS) is 28.5. The van der Waals surface area contributed by atoms with Crippen molar-refractivity contribution < 1.29 is 14.3 Å². The molecule has 4 nitrogen and oxygen atoms in total. The summed E-state index contributed by atoms with van der Waals surface area (Å²) in [7, 11) is 0. The van der Waals surface area contributed by atoms with Crippen LogP contribution in [0, 0.1) is 11.7 Å². The summed E-state index contributed by atoms with van der Waals surface area (Å²) in [4.78, 5) is 15.6. The van der Waals surface area contributed by atoms with E-state index in [2.05, 4.69) is 4.90 Å². The lowest BCUT2D eigenvalue weighted by Gasteiger charge is -2.50. The van der Waals surface area contributed by atoms with Crippen molar-refractivity contribution in [2.45, 2.75) is 31.9 Å². The van der Waals surface area contributed by atoms with Gasteiger partial charge in [0, 0.05) is 50.6 Å². The fraction of sp³-hybridized carbons (Fsp3) is 0.588. The molecular weight excluding hydrogens is 319 g/mol. The van der Waals surface area contributed by atoms with Crippen LogP contribution in [-0.2, 0) is 11.3 Å². The number of fused-ring (bicyclic) bond motifs is 1. The molecule has 0 aromatic heterocycles. The third-order valence-corrected chi connectivity index (χ3v) is 5.57. The van der Waals surface area contributed by atoms with Crippen molar-refractivity contribution in [1.29, 1.82) is 0 Å². The van der Waals surface area contributed by atoms with E-state index in [9.17, 15) is 14.3 Å². The van der Waals surface area contributed by atoms with Gasteiger partial charge in [-0.05, 0) is 36.6 Å². The zero-order valence-corrected chi connectivity index (χ0v) is 14.0. The van der Waals surface area contributed by atoms with E-state index in [0.29, 0.717) is 44.0 Å². The first-order chi connectivity index (χ1) is 10.9. The van der Waals surface area contributed by atoms with Crippen LogP contribution in [0.1, 0.15) is 25.3 Å². The molecule has 2 heterocycles. The highest BCUT2D eigenvalue weighted by atomic mass is 35.5. The molecule has 0 saturated carbocycles. The van der Waals surface area contributed by atoms with Gasteiger partial charge in [-0.3, -0.25) is 9.69 Å². The fourth-order valence-electron chi connectivity index (χ4n) is 3.71. The largest absolute Gasteiger partial charge is 0.389 e. The molecule has 1 amide bonds. The Morgan fingerprint density at radius 3 is 2.87 bits per heavy atom. The minimum atomic E-state index is -0.686. The predicted octanol–water partition coefficient (Wildman–Crippen LogP) is 2.28. The molecule has 23 heavy (non-hydrogen) atoms. The van der Waals surface area contributed by atoms with Gasteiger partial charge in [0.2, 0.25) is 5.91 Å². The minimum absolute atomic E-state index is 0.0289. The van der Waals surface area contributed by atoms with E-state index < -0.39 is 5.60 Å². The van der Waals surface area contributed by atoms with Crippen molar-refractivity contribution in [3.8, 4) is 0 Å². The third-order valence-electron chi connectivity index (χ3n) is 5.20. The Labute approximate surface area is 140 Å². The number of hydrogen-bond donors (Lipinski definition) is 1. The molecule has 2 aliphatic heterocycles. The first-order valence-electron chi connectivity index (χ1n) is 8.01. The number of piperidine rings is 2. The summed E-state index contributed by atoms with van der Waals surface area (Å²) in [6.45, 7) is 4.77. The number of aliphatic hydroxyl groups is 1. The van der Waals surface area contributed by atoms with Crippen LogP contribution in [0.3, 0.4) is 0 Å². The van der Waals surface area contributed by atoms with Gasteiger partial charge in [0.25, 0.3) is 0 Å². The second kappa shape index (κ2) is 6.38. The number of carbonyl (C=O) groups is 1. The van der Waals surface area contributed by atoms with Crippen LogP contribution in [-0.4, -0.2) is 52.6 Å². The molecule has 2 atom stereocenters. The van der Waals surface area contributed by atoms with Crippen LogP contribution in [0.2, 0.25) is 5.02 Å². The summed E-state index contributed by atoms with van der Waals surface area (Å²) in [6, 6.07) is 4.39. The van der Waals surface area contributed by atoms with Crippen LogP contribution < -0.4 is 0 Å². The number of benzene rings is 1. The number of amides is 1. The Hall–Kier alpha value is -1.17. The highest BCUT2D eigenvalue weighted by Gasteiger charge is 2.45. The van der Waals surface area contributed by atoms with E-state index in [1.165, 1.54) is 12.1 Å². The molecule has 126 valence electrons. The lowest BCUT2D eigenvalue weighted by molar-refractivity contribution is -0.145. The second-order valence-electron chi connectivity index (χ2n) is 6.74. The van der Waals surface area contributed by atoms with Crippen molar-refractivity contribution in [2.75, 3.05) is 26.2 Å². The Kier molecular flexibility index (Phi) is 4.63. The van der Waals surface area contributed by atoms with Crippen molar-refractivity contribution in [2.24, 2.45) is 5.92 Å². The van der Waals surface area contributed by atoms with Gasteiger partial charge >= 0.3 is 0 Å². The third kappa shape index (κ3) is 3.52. The molecule has 0 bridgehead atoms. The lowest BCUT2D eigenvalue weighted by Crippen LogP contribution is -2.60. The van der Waals surface area contributed by atoms with E-state index in [1.54, 1.807) is 17.9 Å². The van der Waals surface area contributed by atoms with Crippen molar-refractivity contribution in [3.05, 3.63) is 34.6 Å². The summed E-state index contributed by atoms with van der Waals surface area (Å²) in [5.41, 5.74) is 0.0742. The van der Waals surface area contributed by atoms with E-state index in [4.69, 9.17) is 11.6 Å². The molecule has 1 aromatic carbocycles. The van der Waals surface area contributed by atoms with Gasteiger partial charge in [-0.25, -0.2) is 4.39 Å². The van der Waals surface area contributed by atoms with Gasteiger partial charge in [-0.2, -0.15) is 0 Å². The first-order valence-corrected chi connectivity index (χ1v) is 8.39. The number of halogens is 2. The van der Waals surface area contributed by atoms with Crippen LogP contribution in [0.15, 0.2) is 18.2 Å². The van der Waals surface area contributed by atoms with Crippen molar-refractivity contribution in [1.82, 2.24) is 9.80 Å². The smallest absolute Gasteiger partial charge is 0.219 e. The van der Waals surface area contributed by atoms with Gasteiger partial charge < -0.3 is 10.0 Å². The molecule has 3 rings (SSSR count). The standard InChI is InChI=1S/C17H22ClFN2O2/c1-12(22)21-7-5-17(23)4-6-20(10-14(17)11-21)9-13-8-15(19)2-3-16(13)18/h2-3,8,14,23H,4-7,9-11H2,1H3/t14-,17-/m1/s1. The topological polar surface area (TPSA) is 43.8 Å². The van der Waals surface area contributed by atoms with E-state index in [0.717, 1.165) is 12.1 Å². The van der Waals surface area contributed by atoms with Gasteiger partial charge in [0.15, 0.2) is 0 Å². The van der Waals surface area contributed by atoms with Gasteiger partial charge in [-0.1, -0.05) is 11.6 Å². The number of rotatable bonds is 2. The Bertz CT molecular complexity index is 612. The quantitative estimate of drug-likeness (QED) is 0.898. The molecule has 0 aliphatic carbocycles. The molecule has 0 radical (unpaired) electrons. The number of nitrogens with zero attached hydrogens (tertiary/aromatic N) is 2. The molecule has 2 fully saturated rings. The van der Waals surface area contributed by atoms with Gasteiger partial charge in [0.05, 0.1) is 5.60 Å². The molecule has 2 aliphatic rings. The molecule has 0 spiro atoms. The van der Waals surface area contributed by atoms with Crippen LogP contribution in [0.25, 0.3) is 0 Å². The molecule has 1 N–H and O–H groups in total. The van der Waals surface area contributed by atoms with Crippen molar-refractivity contribution in [3.63, 3.8) is 0 Å². The van der Waals surface area contributed by atoms with Gasteiger partial charge in [0.1, 0.15) is 5.82 Å². The maximum absolute atomic E-state index is 13.4. The fourth-order valence-corrected chi connectivity index (χ4v) is 3.88. The second-order valence-corrected chi connectivity index (χ2v) is 7.14. The summed E-state index contributed by atoms with van der Waals surface area (Å²) >= 11 is 6.15. The summed E-state index contributed by atoms with van der Waals surface area (Å²) in [5, 5.41) is 11.4. The highest BCUT2D eigenvalue weighted by Crippen LogP contribution is 2.36. The van der Waals surface area contributed by atoms with E-state index in [1.807, 2.05) is 0 Å². The molecular formula is C17H22ClFN2O2. The maximum Gasteiger partial charge on any atom is 0.219 e. The van der Waals surface area contributed by atoms with Crippen LogP contribution >= 0.6 is 11.6 Å². The summed E-state index contributed by atoms with van der Waals surface area (Å²) in [6.07, 6.45) is 1.31. The molecule has 6 heteroatoms. The van der Waals surface area contributed by atoms with E-state index >= 15 is 0 Å². The summed E-state index contributed by atoms with van der Waals surface area (Å²) < 4.78 is 13.4. The van der Waals surface area contributed by atoms with Gasteiger partial charge in [-0.15, -0.1) is 0 Å². The lowest BCUT2D eigenvalue weighted by atomic mass is 9.75. The SMILES string of the molecule is CC(=O)N1CC[C@]2(O)CCN(Cc3cc(F)ccc3Cl)C[C@@H]2C1. The monoisotopic (exact) mass is 340 g/mol. The molecule has 1 aromatic rings. The first kappa shape index (κ1) is 16.7. The average molecular weight is 341 g/mol. The van der Waals surface area contributed by atoms with Crippen LogP contribution in [0.5, 0.6) is 0 Å². The zero-order valence-electron chi connectivity index (χ0n) is 13.3. The average Bonchev–Trinajstić information content (AvgIpc) is 2.50. The Morgan fingerprint density at radius 1 is 1.39 bits per heavy atom. The number of carbonyl (C=O) groups excluding carboxylic acids is 1. The van der Waals surface area contributed by atoms with Crippen molar-refractivity contribution >= 4 is 17.5 Å². The van der Waals surface area contributed by atoms with Crippen LogP contribution in [0.4, 0.5) is 4.39 Å². The molecule has 2 saturated heterocycles. The number of hydrogen-bond acceptors (Lipinski definition) is 3. The Morgan fingerprint density at radius 2 is 2.13 bits per heavy atom. The summed E-state index contributed by atoms with van der Waals surface area (Å²) in [5.74, 6) is -0.211. The zero-order chi connectivity index (χ0) is 16.6. The maximum atomic E-state index is 13.4. The molecule has 0 unspecified atom stereocenters. The van der Waals surface area contributed by atoms with E-state index in [-0.39, 0.29) is 17.6 Å². The number of likely N-dealkylation sites (tertiary alicyclic amines) is 2. The predicted molar refractivity (Wildman–Crippen MR) is 86.6 cm³/mol. The Balaban J connectivity index is 1.70. The highest BCUT2D eigenvalue weighted by molar-refractivity contribution is 6.31. The minimum Gasteiger partial charge on any atom is -0.389 e.